The molecule has 0 aliphatic rings. The molecule has 0 spiro atoms. The van der Waals surface area contributed by atoms with Gasteiger partial charge in [0, 0.05) is 12.4 Å². The molecule has 11 heteroatoms. The third-order valence-electron chi connectivity index (χ3n) is 4.77. The van der Waals surface area contributed by atoms with E-state index in [1.807, 2.05) is 19.2 Å². The normalized spacial score (nSPS) is 12.4. The molecule has 1 amide bonds. The Morgan fingerprint density at radius 1 is 1.16 bits per heavy atom. The summed E-state index contributed by atoms with van der Waals surface area (Å²) in [6.07, 6.45) is 3.09. The third kappa shape index (κ3) is 4.20. The predicted molar refractivity (Wildman–Crippen MR) is 104 cm³/mol. The summed E-state index contributed by atoms with van der Waals surface area (Å²) < 4.78 is 44.3. The first-order chi connectivity index (χ1) is 14.8. The van der Waals surface area contributed by atoms with Gasteiger partial charge in [-0.15, -0.1) is 0 Å². The van der Waals surface area contributed by atoms with E-state index in [-0.39, 0.29) is 6.54 Å². The number of nitrogens with zero attached hydrogens (tertiary/aromatic N) is 5. The van der Waals surface area contributed by atoms with E-state index in [4.69, 9.17) is 5.73 Å². The Bertz CT molecular complexity index is 1250. The largest absolute Gasteiger partial charge is 0.432 e. The number of alkyl halides is 2. The van der Waals surface area contributed by atoms with Crippen LogP contribution in [-0.4, -0.2) is 37.3 Å². The number of amides is 1. The Morgan fingerprint density at radius 3 is 2.68 bits per heavy atom. The zero-order chi connectivity index (χ0) is 22.1. The Morgan fingerprint density at radius 2 is 1.97 bits per heavy atom. The summed E-state index contributed by atoms with van der Waals surface area (Å²) in [5.41, 5.74) is 7.92. The van der Waals surface area contributed by atoms with Crippen LogP contribution in [0.3, 0.4) is 0 Å². The monoisotopic (exact) mass is 430 g/mol. The lowest BCUT2D eigenvalue weighted by molar-refractivity contribution is -0.118. The Balaban J connectivity index is 1.58. The van der Waals surface area contributed by atoms with Gasteiger partial charge >= 0.3 is 6.61 Å². The zero-order valence-corrected chi connectivity index (χ0v) is 16.2. The topological polar surface area (TPSA) is 101 Å². The summed E-state index contributed by atoms with van der Waals surface area (Å²) in [6, 6.07) is 9.01. The summed E-state index contributed by atoms with van der Waals surface area (Å²) in [5, 5.41) is 13.4. The second-order valence-corrected chi connectivity index (χ2v) is 6.86. The van der Waals surface area contributed by atoms with Gasteiger partial charge in [-0.3, -0.25) is 9.48 Å². The maximum Gasteiger partial charge on any atom is 0.387 e. The molecule has 160 valence electrons. The first kappa shape index (κ1) is 20.4. The number of nitrogens with two attached hydrogens (primary N) is 1. The van der Waals surface area contributed by atoms with Gasteiger partial charge in [0.1, 0.15) is 5.92 Å². The van der Waals surface area contributed by atoms with Crippen molar-refractivity contribution in [1.29, 1.82) is 0 Å². The molecule has 2 aromatic carbocycles. The molecular weight excluding hydrogens is 413 g/mol. The van der Waals surface area contributed by atoms with Gasteiger partial charge in [-0.1, -0.05) is 12.1 Å². The van der Waals surface area contributed by atoms with Crippen molar-refractivity contribution in [2.75, 3.05) is 0 Å². The standard InChI is InChI=1S/C20H17F3N6O2/c1-28-16-4-3-12(7-13(16)8-25-28)18(19(24)30)15-9-26-29(27-15)10-11-2-5-17(14(21)6-11)31-20(22)23/h2-9,18,20H,10H2,1H3,(H2,24,30). The maximum absolute atomic E-state index is 13.9. The van der Waals surface area contributed by atoms with Crippen molar-refractivity contribution in [2.45, 2.75) is 19.1 Å². The van der Waals surface area contributed by atoms with Crippen molar-refractivity contribution < 1.29 is 22.7 Å². The number of rotatable bonds is 7. The number of carbonyl (C=O) groups is 1. The van der Waals surface area contributed by atoms with Gasteiger partial charge in [-0.25, -0.2) is 4.39 Å². The van der Waals surface area contributed by atoms with Gasteiger partial charge in [0.25, 0.3) is 0 Å². The molecule has 1 unspecified atom stereocenters. The fraction of sp³-hybridized carbons (Fsp3) is 0.200. The number of hydrogen-bond acceptors (Lipinski definition) is 5. The highest BCUT2D eigenvalue weighted by Crippen LogP contribution is 2.26. The van der Waals surface area contributed by atoms with Crippen LogP contribution in [0.2, 0.25) is 0 Å². The maximum atomic E-state index is 13.9. The number of fused-ring (bicyclic) bond motifs is 1. The van der Waals surface area contributed by atoms with Crippen LogP contribution in [0.15, 0.2) is 48.8 Å². The van der Waals surface area contributed by atoms with Crippen molar-refractivity contribution in [3.8, 4) is 5.75 Å². The molecule has 2 heterocycles. The number of hydrogen-bond donors (Lipinski definition) is 1. The number of carbonyl (C=O) groups excluding carboxylic acids is 1. The van der Waals surface area contributed by atoms with E-state index in [2.05, 4.69) is 20.0 Å². The van der Waals surface area contributed by atoms with Crippen molar-refractivity contribution in [2.24, 2.45) is 12.8 Å². The molecule has 8 nitrogen and oxygen atoms in total. The van der Waals surface area contributed by atoms with Crippen molar-refractivity contribution in [3.63, 3.8) is 0 Å². The molecule has 0 saturated heterocycles. The molecule has 2 aromatic heterocycles. The lowest BCUT2D eigenvalue weighted by Gasteiger charge is -2.11. The summed E-state index contributed by atoms with van der Waals surface area (Å²) in [7, 11) is 1.81. The number of ether oxygens (including phenoxy) is 1. The summed E-state index contributed by atoms with van der Waals surface area (Å²) in [6.45, 7) is -3.06. The van der Waals surface area contributed by atoms with E-state index in [1.54, 1.807) is 16.9 Å². The fourth-order valence-electron chi connectivity index (χ4n) is 3.36. The molecule has 0 aliphatic carbocycles. The predicted octanol–water partition coefficient (Wildman–Crippen LogP) is 2.57. The van der Waals surface area contributed by atoms with Crippen LogP contribution in [0.5, 0.6) is 5.75 Å². The van der Waals surface area contributed by atoms with E-state index >= 15 is 0 Å². The first-order valence-corrected chi connectivity index (χ1v) is 9.16. The zero-order valence-electron chi connectivity index (χ0n) is 16.2. The molecular formula is C20H17F3N6O2. The molecule has 1 atom stereocenters. The number of halogens is 3. The van der Waals surface area contributed by atoms with Crippen LogP contribution in [0.4, 0.5) is 13.2 Å². The van der Waals surface area contributed by atoms with Crippen LogP contribution in [-0.2, 0) is 18.4 Å². The average molecular weight is 430 g/mol. The van der Waals surface area contributed by atoms with Crippen molar-refractivity contribution >= 4 is 16.8 Å². The molecule has 4 rings (SSSR count). The fourth-order valence-corrected chi connectivity index (χ4v) is 3.36. The summed E-state index contributed by atoms with van der Waals surface area (Å²) in [4.78, 5) is 13.4. The summed E-state index contributed by atoms with van der Waals surface area (Å²) >= 11 is 0. The van der Waals surface area contributed by atoms with Gasteiger partial charge in [0.2, 0.25) is 5.91 Å². The highest BCUT2D eigenvalue weighted by atomic mass is 19.3. The van der Waals surface area contributed by atoms with E-state index in [0.29, 0.717) is 16.8 Å². The number of benzene rings is 2. The lowest BCUT2D eigenvalue weighted by Crippen LogP contribution is -2.23. The number of primary amides is 1. The Labute approximate surface area is 174 Å². The molecule has 2 N–H and O–H groups in total. The molecule has 0 bridgehead atoms. The third-order valence-corrected chi connectivity index (χ3v) is 4.77. The quantitative estimate of drug-likeness (QED) is 0.486. The molecule has 4 aromatic rings. The van der Waals surface area contributed by atoms with Gasteiger partial charge < -0.3 is 10.5 Å². The SMILES string of the molecule is Cn1ncc2cc(C(C(N)=O)c3cnn(Cc4ccc(OC(F)F)c(F)c4)n3)ccc21. The van der Waals surface area contributed by atoms with E-state index in [9.17, 15) is 18.0 Å². The van der Waals surface area contributed by atoms with Gasteiger partial charge in [-0.05, 0) is 35.4 Å². The van der Waals surface area contributed by atoms with Crippen molar-refractivity contribution in [1.82, 2.24) is 24.8 Å². The molecule has 0 saturated carbocycles. The molecule has 0 radical (unpaired) electrons. The Hall–Kier alpha value is -3.89. The van der Waals surface area contributed by atoms with E-state index < -0.39 is 30.0 Å². The number of aryl methyl sites for hydroxylation is 1. The van der Waals surface area contributed by atoms with Gasteiger partial charge in [0.15, 0.2) is 11.6 Å². The molecule has 0 aliphatic heterocycles. The summed E-state index contributed by atoms with van der Waals surface area (Å²) in [5.74, 6) is -2.91. The van der Waals surface area contributed by atoms with Gasteiger partial charge in [-0.2, -0.15) is 28.9 Å². The minimum absolute atomic E-state index is 0.0546. The minimum Gasteiger partial charge on any atom is -0.432 e. The van der Waals surface area contributed by atoms with E-state index in [1.165, 1.54) is 17.1 Å². The van der Waals surface area contributed by atoms with Crippen molar-refractivity contribution in [3.05, 3.63) is 71.4 Å². The van der Waals surface area contributed by atoms with Crippen LogP contribution in [0.1, 0.15) is 22.7 Å². The Kier molecular flexibility index (Phi) is 5.32. The minimum atomic E-state index is -3.12. The van der Waals surface area contributed by atoms with Crippen LogP contribution in [0.25, 0.3) is 10.9 Å². The van der Waals surface area contributed by atoms with Crippen LogP contribution >= 0.6 is 0 Å². The van der Waals surface area contributed by atoms with Gasteiger partial charge in [0.05, 0.1) is 30.1 Å². The second kappa shape index (κ2) is 8.09. The lowest BCUT2D eigenvalue weighted by atomic mass is 9.94. The van der Waals surface area contributed by atoms with E-state index in [0.717, 1.165) is 23.0 Å². The number of aromatic nitrogens is 5. The highest BCUT2D eigenvalue weighted by Gasteiger charge is 2.24. The molecule has 31 heavy (non-hydrogen) atoms. The molecule has 0 fully saturated rings. The van der Waals surface area contributed by atoms with Crippen LogP contribution < -0.4 is 10.5 Å². The first-order valence-electron chi connectivity index (χ1n) is 9.16. The average Bonchev–Trinajstić information content (AvgIpc) is 3.30. The smallest absolute Gasteiger partial charge is 0.387 e. The highest BCUT2D eigenvalue weighted by molar-refractivity contribution is 5.87. The second-order valence-electron chi connectivity index (χ2n) is 6.86. The van der Waals surface area contributed by atoms with Crippen LogP contribution in [0, 0.1) is 5.82 Å².